The molecular weight excluding hydrogens is 192 g/mol. The molecule has 0 bridgehead atoms. The molecule has 0 aromatic rings. The van der Waals surface area contributed by atoms with E-state index in [4.69, 9.17) is 4.74 Å². The molecule has 15 heavy (non-hydrogen) atoms. The highest BCUT2D eigenvalue weighted by molar-refractivity contribution is 5.82. The van der Waals surface area contributed by atoms with E-state index in [-0.39, 0.29) is 11.9 Å². The number of ether oxygens (including phenoxy) is 1. The van der Waals surface area contributed by atoms with Crippen LogP contribution in [0.1, 0.15) is 26.7 Å². The molecule has 2 atom stereocenters. The lowest BCUT2D eigenvalue weighted by atomic mass is 10.0. The van der Waals surface area contributed by atoms with Crippen LogP contribution >= 0.6 is 0 Å². The maximum Gasteiger partial charge on any atom is 0.237 e. The fourth-order valence-corrected chi connectivity index (χ4v) is 1.83. The molecule has 4 heteroatoms. The lowest BCUT2D eigenvalue weighted by Crippen LogP contribution is -2.43. The highest BCUT2D eigenvalue weighted by atomic mass is 16.5. The third-order valence-corrected chi connectivity index (χ3v) is 2.78. The van der Waals surface area contributed by atoms with Gasteiger partial charge in [0.15, 0.2) is 0 Å². The largest absolute Gasteiger partial charge is 0.382 e. The molecule has 1 heterocycles. The second-order valence-corrected chi connectivity index (χ2v) is 4.04. The van der Waals surface area contributed by atoms with Gasteiger partial charge < -0.3 is 15.4 Å². The van der Waals surface area contributed by atoms with Crippen LogP contribution in [-0.4, -0.2) is 38.3 Å². The first-order valence-electron chi connectivity index (χ1n) is 5.84. The minimum Gasteiger partial charge on any atom is -0.382 e. The molecule has 1 amide bonds. The quantitative estimate of drug-likeness (QED) is 0.634. The van der Waals surface area contributed by atoms with E-state index in [1.807, 2.05) is 6.92 Å². The summed E-state index contributed by atoms with van der Waals surface area (Å²) in [5.74, 6) is 0.591. The van der Waals surface area contributed by atoms with Crippen molar-refractivity contribution in [1.82, 2.24) is 10.6 Å². The van der Waals surface area contributed by atoms with E-state index in [0.717, 1.165) is 32.6 Å². The van der Waals surface area contributed by atoms with Gasteiger partial charge in [0.05, 0.1) is 6.04 Å². The first-order chi connectivity index (χ1) is 7.25. The Balaban J connectivity index is 2.08. The number of carbonyl (C=O) groups excluding carboxylic acids is 1. The van der Waals surface area contributed by atoms with Crippen LogP contribution in [0.5, 0.6) is 0 Å². The first-order valence-corrected chi connectivity index (χ1v) is 5.84. The summed E-state index contributed by atoms with van der Waals surface area (Å²) in [6, 6.07) is 0.0112. The summed E-state index contributed by atoms with van der Waals surface area (Å²) in [6.45, 7) is 7.23. The monoisotopic (exact) mass is 214 g/mol. The van der Waals surface area contributed by atoms with Gasteiger partial charge in [-0.1, -0.05) is 6.92 Å². The van der Waals surface area contributed by atoms with Crippen molar-refractivity contribution >= 4 is 5.91 Å². The van der Waals surface area contributed by atoms with E-state index in [2.05, 4.69) is 17.6 Å². The van der Waals surface area contributed by atoms with Crippen molar-refractivity contribution in [2.45, 2.75) is 32.7 Å². The van der Waals surface area contributed by atoms with Gasteiger partial charge in [0.25, 0.3) is 0 Å². The van der Waals surface area contributed by atoms with Crippen LogP contribution in [-0.2, 0) is 9.53 Å². The van der Waals surface area contributed by atoms with Crippen LogP contribution in [0.15, 0.2) is 0 Å². The standard InChI is InChI=1S/C11H22N2O2/c1-3-15-8-4-6-13-11(14)10-9(2)5-7-12-10/h9-10,12H,3-8H2,1-2H3,(H,13,14). The fraction of sp³-hybridized carbons (Fsp3) is 0.909. The predicted octanol–water partition coefficient (Wildman–Crippen LogP) is 0.527. The zero-order chi connectivity index (χ0) is 11.1. The van der Waals surface area contributed by atoms with Gasteiger partial charge in [-0.15, -0.1) is 0 Å². The average Bonchev–Trinajstić information content (AvgIpc) is 2.64. The molecule has 1 rings (SSSR count). The second kappa shape index (κ2) is 6.80. The van der Waals surface area contributed by atoms with E-state index in [9.17, 15) is 4.79 Å². The van der Waals surface area contributed by atoms with Crippen LogP contribution in [0.4, 0.5) is 0 Å². The minimum absolute atomic E-state index is 0.0112. The second-order valence-electron chi connectivity index (χ2n) is 4.04. The Bertz CT molecular complexity index is 197. The topological polar surface area (TPSA) is 50.4 Å². The Morgan fingerprint density at radius 2 is 2.40 bits per heavy atom. The molecule has 4 nitrogen and oxygen atoms in total. The maximum atomic E-state index is 11.7. The van der Waals surface area contributed by atoms with Gasteiger partial charge in [0, 0.05) is 19.8 Å². The van der Waals surface area contributed by atoms with Gasteiger partial charge in [-0.05, 0) is 32.2 Å². The molecule has 1 saturated heterocycles. The molecule has 0 aromatic heterocycles. The normalized spacial score (nSPS) is 25.5. The van der Waals surface area contributed by atoms with Gasteiger partial charge in [0.1, 0.15) is 0 Å². The smallest absolute Gasteiger partial charge is 0.237 e. The molecule has 88 valence electrons. The van der Waals surface area contributed by atoms with Gasteiger partial charge in [-0.25, -0.2) is 0 Å². The van der Waals surface area contributed by atoms with Crippen molar-refractivity contribution in [3.8, 4) is 0 Å². The van der Waals surface area contributed by atoms with E-state index >= 15 is 0 Å². The predicted molar refractivity (Wildman–Crippen MR) is 59.7 cm³/mol. The van der Waals surface area contributed by atoms with Crippen molar-refractivity contribution < 1.29 is 9.53 Å². The Kier molecular flexibility index (Phi) is 5.65. The number of hydrogen-bond acceptors (Lipinski definition) is 3. The van der Waals surface area contributed by atoms with E-state index in [1.54, 1.807) is 0 Å². The van der Waals surface area contributed by atoms with Gasteiger partial charge in [-0.3, -0.25) is 4.79 Å². The molecule has 1 aliphatic rings. The third-order valence-electron chi connectivity index (χ3n) is 2.78. The molecule has 0 radical (unpaired) electrons. The molecule has 2 unspecified atom stereocenters. The number of amides is 1. The Hall–Kier alpha value is -0.610. The van der Waals surface area contributed by atoms with Crippen molar-refractivity contribution in [3.63, 3.8) is 0 Å². The minimum atomic E-state index is 0.0112. The summed E-state index contributed by atoms with van der Waals surface area (Å²) in [5.41, 5.74) is 0. The zero-order valence-corrected chi connectivity index (χ0v) is 9.71. The number of hydrogen-bond donors (Lipinski definition) is 2. The summed E-state index contributed by atoms with van der Waals surface area (Å²) in [7, 11) is 0. The molecule has 0 spiro atoms. The molecular formula is C11H22N2O2. The first kappa shape index (κ1) is 12.5. The van der Waals surface area contributed by atoms with Crippen molar-refractivity contribution in [1.29, 1.82) is 0 Å². The summed E-state index contributed by atoms with van der Waals surface area (Å²) < 4.78 is 5.19. The van der Waals surface area contributed by atoms with Crippen LogP contribution < -0.4 is 10.6 Å². The maximum absolute atomic E-state index is 11.7. The van der Waals surface area contributed by atoms with Gasteiger partial charge >= 0.3 is 0 Å². The van der Waals surface area contributed by atoms with Crippen LogP contribution in [0.25, 0.3) is 0 Å². The summed E-state index contributed by atoms with van der Waals surface area (Å²) in [4.78, 5) is 11.7. The Labute approximate surface area is 91.8 Å². The Morgan fingerprint density at radius 1 is 1.60 bits per heavy atom. The van der Waals surface area contributed by atoms with E-state index < -0.39 is 0 Å². The SMILES string of the molecule is CCOCCCNC(=O)C1NCCC1C. The third kappa shape index (κ3) is 4.18. The molecule has 0 saturated carbocycles. The van der Waals surface area contributed by atoms with Crippen LogP contribution in [0.3, 0.4) is 0 Å². The van der Waals surface area contributed by atoms with Crippen molar-refractivity contribution in [2.75, 3.05) is 26.3 Å². The molecule has 0 aliphatic carbocycles. The summed E-state index contributed by atoms with van der Waals surface area (Å²) >= 11 is 0. The van der Waals surface area contributed by atoms with E-state index in [0.29, 0.717) is 12.5 Å². The molecule has 1 fully saturated rings. The van der Waals surface area contributed by atoms with E-state index in [1.165, 1.54) is 0 Å². The van der Waals surface area contributed by atoms with Crippen molar-refractivity contribution in [3.05, 3.63) is 0 Å². The fourth-order valence-electron chi connectivity index (χ4n) is 1.83. The lowest BCUT2D eigenvalue weighted by molar-refractivity contribution is -0.123. The lowest BCUT2D eigenvalue weighted by Gasteiger charge is -2.15. The average molecular weight is 214 g/mol. The highest BCUT2D eigenvalue weighted by Gasteiger charge is 2.28. The van der Waals surface area contributed by atoms with Crippen LogP contribution in [0.2, 0.25) is 0 Å². The molecule has 2 N–H and O–H groups in total. The van der Waals surface area contributed by atoms with Crippen molar-refractivity contribution in [2.24, 2.45) is 5.92 Å². The number of rotatable bonds is 6. The number of nitrogens with one attached hydrogen (secondary N) is 2. The zero-order valence-electron chi connectivity index (χ0n) is 9.71. The molecule has 0 aromatic carbocycles. The Morgan fingerprint density at radius 3 is 3.00 bits per heavy atom. The van der Waals surface area contributed by atoms with Gasteiger partial charge in [-0.2, -0.15) is 0 Å². The molecule has 1 aliphatic heterocycles. The summed E-state index contributed by atoms with van der Waals surface area (Å²) in [5, 5.41) is 6.15. The number of carbonyl (C=O) groups is 1. The van der Waals surface area contributed by atoms with Gasteiger partial charge in [0.2, 0.25) is 5.91 Å². The summed E-state index contributed by atoms with van der Waals surface area (Å²) in [6.07, 6.45) is 1.98. The van der Waals surface area contributed by atoms with Crippen LogP contribution in [0, 0.1) is 5.92 Å². The highest BCUT2D eigenvalue weighted by Crippen LogP contribution is 2.13.